The molecule has 2 unspecified atom stereocenters. The number of halogens is 2. The van der Waals surface area contributed by atoms with Crippen LogP contribution in [0.15, 0.2) is 24.3 Å². The van der Waals surface area contributed by atoms with Crippen molar-refractivity contribution in [2.24, 2.45) is 5.92 Å². The largest absolute Gasteiger partial charge is 0.310 e. The molecule has 0 saturated heterocycles. The second kappa shape index (κ2) is 6.63. The van der Waals surface area contributed by atoms with E-state index in [-0.39, 0.29) is 0 Å². The third-order valence-corrected chi connectivity index (χ3v) is 4.24. The highest BCUT2D eigenvalue weighted by Gasteiger charge is 2.23. The van der Waals surface area contributed by atoms with E-state index in [2.05, 4.69) is 17.4 Å². The first-order chi connectivity index (χ1) is 8.29. The van der Waals surface area contributed by atoms with E-state index < -0.39 is 0 Å². The summed E-state index contributed by atoms with van der Waals surface area (Å²) in [7, 11) is 0. The summed E-state index contributed by atoms with van der Waals surface area (Å²) in [6, 6.07) is 8.62. The van der Waals surface area contributed by atoms with Crippen LogP contribution in [0.2, 0.25) is 5.02 Å². The molecule has 0 radical (unpaired) electrons. The van der Waals surface area contributed by atoms with Crippen LogP contribution in [-0.2, 0) is 6.54 Å². The van der Waals surface area contributed by atoms with Crippen molar-refractivity contribution in [2.45, 2.75) is 38.3 Å². The highest BCUT2D eigenvalue weighted by atomic mass is 35.5. The smallest absolute Gasteiger partial charge is 0.0406 e. The third-order valence-electron chi connectivity index (χ3n) is 3.59. The van der Waals surface area contributed by atoms with Crippen molar-refractivity contribution in [3.8, 4) is 0 Å². The molecular weight excluding hydrogens is 253 g/mol. The van der Waals surface area contributed by atoms with E-state index in [9.17, 15) is 0 Å². The molecule has 0 amide bonds. The molecule has 0 heterocycles. The van der Waals surface area contributed by atoms with Gasteiger partial charge < -0.3 is 5.32 Å². The summed E-state index contributed by atoms with van der Waals surface area (Å²) in [5.41, 5.74) is 1.29. The standard InChI is InChI=1S/C14H19Cl2N/c15-9-12-3-1-2-4-14(12)17-10-11-5-7-13(16)8-6-11/h5-8,12,14,17H,1-4,9-10H2. The monoisotopic (exact) mass is 271 g/mol. The second-order valence-corrected chi connectivity index (χ2v) is 5.56. The van der Waals surface area contributed by atoms with Crippen molar-refractivity contribution >= 4 is 23.2 Å². The van der Waals surface area contributed by atoms with Crippen LogP contribution in [0.4, 0.5) is 0 Å². The van der Waals surface area contributed by atoms with Crippen molar-refractivity contribution in [1.29, 1.82) is 0 Å². The summed E-state index contributed by atoms with van der Waals surface area (Å²) in [5.74, 6) is 1.41. The van der Waals surface area contributed by atoms with E-state index in [0.717, 1.165) is 17.4 Å². The van der Waals surface area contributed by atoms with E-state index in [1.807, 2.05) is 12.1 Å². The van der Waals surface area contributed by atoms with Gasteiger partial charge in [0, 0.05) is 23.5 Å². The van der Waals surface area contributed by atoms with Crippen molar-refractivity contribution in [3.63, 3.8) is 0 Å². The van der Waals surface area contributed by atoms with Crippen molar-refractivity contribution in [1.82, 2.24) is 5.32 Å². The lowest BCUT2D eigenvalue weighted by Crippen LogP contribution is -2.38. The maximum Gasteiger partial charge on any atom is 0.0406 e. The first kappa shape index (κ1) is 13.2. The first-order valence-electron chi connectivity index (χ1n) is 6.33. The molecule has 0 aromatic heterocycles. The van der Waals surface area contributed by atoms with Crippen LogP contribution in [0.3, 0.4) is 0 Å². The lowest BCUT2D eigenvalue weighted by atomic mass is 9.85. The third kappa shape index (κ3) is 3.87. The Morgan fingerprint density at radius 2 is 1.82 bits per heavy atom. The highest BCUT2D eigenvalue weighted by molar-refractivity contribution is 6.30. The predicted molar refractivity (Wildman–Crippen MR) is 74.8 cm³/mol. The Hall–Kier alpha value is -0.240. The fourth-order valence-electron chi connectivity index (χ4n) is 2.51. The normalized spacial score (nSPS) is 24.8. The van der Waals surface area contributed by atoms with Crippen LogP contribution >= 0.6 is 23.2 Å². The maximum atomic E-state index is 6.02. The topological polar surface area (TPSA) is 12.0 Å². The zero-order valence-electron chi connectivity index (χ0n) is 9.96. The zero-order chi connectivity index (χ0) is 12.1. The molecule has 0 bridgehead atoms. The van der Waals surface area contributed by atoms with Crippen molar-refractivity contribution < 1.29 is 0 Å². The molecule has 94 valence electrons. The van der Waals surface area contributed by atoms with E-state index >= 15 is 0 Å². The fourth-order valence-corrected chi connectivity index (χ4v) is 3.01. The number of alkyl halides is 1. The summed E-state index contributed by atoms with van der Waals surface area (Å²) in [6.07, 6.45) is 5.18. The Kier molecular flexibility index (Phi) is 5.15. The maximum absolute atomic E-state index is 6.02. The molecule has 1 aliphatic rings. The molecule has 0 spiro atoms. The molecule has 2 rings (SSSR count). The molecule has 2 atom stereocenters. The first-order valence-corrected chi connectivity index (χ1v) is 7.24. The molecule has 1 nitrogen and oxygen atoms in total. The number of rotatable bonds is 4. The second-order valence-electron chi connectivity index (χ2n) is 4.81. The SMILES string of the molecule is ClCC1CCCCC1NCc1ccc(Cl)cc1. The van der Waals surface area contributed by atoms with E-state index in [0.29, 0.717) is 12.0 Å². The Balaban J connectivity index is 1.86. The molecule has 17 heavy (non-hydrogen) atoms. The van der Waals surface area contributed by atoms with Crippen LogP contribution < -0.4 is 5.32 Å². The van der Waals surface area contributed by atoms with Gasteiger partial charge in [0.15, 0.2) is 0 Å². The van der Waals surface area contributed by atoms with Crippen LogP contribution in [0.25, 0.3) is 0 Å². The Morgan fingerprint density at radius 1 is 1.12 bits per heavy atom. The quantitative estimate of drug-likeness (QED) is 0.809. The van der Waals surface area contributed by atoms with Crippen molar-refractivity contribution in [3.05, 3.63) is 34.9 Å². The average Bonchev–Trinajstić information content (AvgIpc) is 2.38. The molecule has 1 aromatic carbocycles. The van der Waals surface area contributed by atoms with E-state index in [1.165, 1.54) is 31.2 Å². The summed E-state index contributed by atoms with van der Waals surface area (Å²) in [5, 5.41) is 4.43. The van der Waals surface area contributed by atoms with Gasteiger partial charge in [-0.05, 0) is 36.5 Å². The lowest BCUT2D eigenvalue weighted by molar-refractivity contribution is 0.282. The van der Waals surface area contributed by atoms with Crippen LogP contribution in [-0.4, -0.2) is 11.9 Å². The highest BCUT2D eigenvalue weighted by Crippen LogP contribution is 2.25. The molecule has 1 N–H and O–H groups in total. The number of hydrogen-bond acceptors (Lipinski definition) is 1. The average molecular weight is 272 g/mol. The molecule has 1 saturated carbocycles. The Morgan fingerprint density at radius 3 is 2.53 bits per heavy atom. The van der Waals surface area contributed by atoms with E-state index in [1.54, 1.807) is 0 Å². The summed E-state index contributed by atoms with van der Waals surface area (Å²) >= 11 is 11.9. The summed E-state index contributed by atoms with van der Waals surface area (Å²) in [4.78, 5) is 0. The molecular formula is C14H19Cl2N. The number of hydrogen-bond donors (Lipinski definition) is 1. The van der Waals surface area contributed by atoms with Gasteiger partial charge in [0.25, 0.3) is 0 Å². The van der Waals surface area contributed by atoms with Gasteiger partial charge in [-0.3, -0.25) is 0 Å². The van der Waals surface area contributed by atoms with Gasteiger partial charge in [0.1, 0.15) is 0 Å². The zero-order valence-corrected chi connectivity index (χ0v) is 11.5. The van der Waals surface area contributed by atoms with Gasteiger partial charge in [-0.25, -0.2) is 0 Å². The van der Waals surface area contributed by atoms with Crippen molar-refractivity contribution in [2.75, 3.05) is 5.88 Å². The minimum atomic E-state index is 0.580. The fraction of sp³-hybridized carbons (Fsp3) is 0.571. The predicted octanol–water partition coefficient (Wildman–Crippen LogP) is 4.23. The van der Waals surface area contributed by atoms with Gasteiger partial charge in [-0.1, -0.05) is 36.6 Å². The molecule has 3 heteroatoms. The molecule has 0 aliphatic heterocycles. The molecule has 1 aromatic rings. The summed E-state index contributed by atoms with van der Waals surface area (Å²) < 4.78 is 0. The van der Waals surface area contributed by atoms with Gasteiger partial charge in [-0.15, -0.1) is 11.6 Å². The minimum absolute atomic E-state index is 0.580. The van der Waals surface area contributed by atoms with Gasteiger partial charge in [-0.2, -0.15) is 0 Å². The minimum Gasteiger partial charge on any atom is -0.310 e. The van der Waals surface area contributed by atoms with Crippen LogP contribution in [0, 0.1) is 5.92 Å². The van der Waals surface area contributed by atoms with Gasteiger partial charge >= 0.3 is 0 Å². The Labute approximate surface area is 114 Å². The molecule has 1 fully saturated rings. The van der Waals surface area contributed by atoms with Gasteiger partial charge in [0.2, 0.25) is 0 Å². The molecule has 1 aliphatic carbocycles. The Bertz CT molecular complexity index is 337. The number of nitrogens with one attached hydrogen (secondary N) is 1. The lowest BCUT2D eigenvalue weighted by Gasteiger charge is -2.31. The van der Waals surface area contributed by atoms with Crippen LogP contribution in [0.1, 0.15) is 31.2 Å². The summed E-state index contributed by atoms with van der Waals surface area (Å²) in [6.45, 7) is 0.912. The van der Waals surface area contributed by atoms with Crippen LogP contribution in [0.5, 0.6) is 0 Å². The van der Waals surface area contributed by atoms with Gasteiger partial charge in [0.05, 0.1) is 0 Å². The number of benzene rings is 1. The van der Waals surface area contributed by atoms with E-state index in [4.69, 9.17) is 23.2 Å².